The molecule has 22 heavy (non-hydrogen) atoms. The number of amides is 1. The summed E-state index contributed by atoms with van der Waals surface area (Å²) in [7, 11) is 1.68. The molecule has 2 atom stereocenters. The van der Waals surface area contributed by atoms with Crippen molar-refractivity contribution in [2.24, 2.45) is 0 Å². The van der Waals surface area contributed by atoms with Crippen molar-refractivity contribution in [2.45, 2.75) is 25.0 Å². The third-order valence-electron chi connectivity index (χ3n) is 4.04. The first kappa shape index (κ1) is 15.4. The minimum Gasteiger partial charge on any atom is -0.472 e. The fourth-order valence-electron chi connectivity index (χ4n) is 2.95. The third kappa shape index (κ3) is 2.74. The van der Waals surface area contributed by atoms with Gasteiger partial charge < -0.3 is 14.4 Å². The molecule has 0 unspecified atom stereocenters. The summed E-state index contributed by atoms with van der Waals surface area (Å²) in [6.07, 6.45) is 3.02. The zero-order chi connectivity index (χ0) is 15.9. The lowest BCUT2D eigenvalue weighted by molar-refractivity contribution is -0.133. The van der Waals surface area contributed by atoms with Gasteiger partial charge in [-0.2, -0.15) is 0 Å². The van der Waals surface area contributed by atoms with Crippen LogP contribution in [-0.2, 0) is 17.6 Å². The number of aliphatic hydroxyl groups excluding tert-OH is 1. The van der Waals surface area contributed by atoms with E-state index in [1.165, 1.54) is 6.26 Å². The third-order valence-corrected chi connectivity index (χ3v) is 4.59. The normalized spacial score (nSPS) is 20.0. The minimum atomic E-state index is -0.690. The number of aliphatic hydroxyl groups is 1. The fourth-order valence-corrected chi connectivity index (χ4v) is 3.53. The predicted octanol–water partition coefficient (Wildman–Crippen LogP) is 3.25. The number of hydrogen-bond donors (Lipinski definition) is 1. The zero-order valence-electron chi connectivity index (χ0n) is 11.9. The van der Waals surface area contributed by atoms with Crippen LogP contribution >= 0.6 is 23.2 Å². The van der Waals surface area contributed by atoms with Crippen molar-refractivity contribution in [3.05, 3.63) is 57.5 Å². The molecule has 1 aliphatic carbocycles. The topological polar surface area (TPSA) is 53.7 Å². The number of carbonyl (C=O) groups is 1. The average molecular weight is 340 g/mol. The van der Waals surface area contributed by atoms with Gasteiger partial charge in [-0.1, -0.05) is 23.2 Å². The molecule has 3 rings (SSSR count). The maximum atomic E-state index is 12.4. The van der Waals surface area contributed by atoms with E-state index < -0.39 is 12.1 Å². The summed E-state index contributed by atoms with van der Waals surface area (Å²) < 4.78 is 4.97. The molecule has 2 aromatic rings. The van der Waals surface area contributed by atoms with Gasteiger partial charge in [-0.25, -0.2) is 0 Å². The van der Waals surface area contributed by atoms with Crippen molar-refractivity contribution < 1.29 is 14.3 Å². The largest absolute Gasteiger partial charge is 0.472 e. The molecular weight excluding hydrogens is 325 g/mol. The second kappa shape index (κ2) is 5.95. The van der Waals surface area contributed by atoms with E-state index in [2.05, 4.69) is 0 Å². The quantitative estimate of drug-likeness (QED) is 0.933. The summed E-state index contributed by atoms with van der Waals surface area (Å²) in [5.74, 6) is -0.102. The van der Waals surface area contributed by atoms with Crippen LogP contribution < -0.4 is 0 Å². The van der Waals surface area contributed by atoms with E-state index in [1.807, 2.05) is 0 Å². The summed E-state index contributed by atoms with van der Waals surface area (Å²) in [4.78, 5) is 14.0. The summed E-state index contributed by atoms with van der Waals surface area (Å²) in [6, 6.07) is 4.74. The molecular formula is C16H15Cl2NO3. The van der Waals surface area contributed by atoms with Gasteiger partial charge >= 0.3 is 0 Å². The van der Waals surface area contributed by atoms with Crippen molar-refractivity contribution in [1.29, 1.82) is 0 Å². The molecule has 4 nitrogen and oxygen atoms in total. The van der Waals surface area contributed by atoms with Gasteiger partial charge in [0.2, 0.25) is 5.91 Å². The fraction of sp³-hybridized carbons (Fsp3) is 0.312. The number of hydrogen-bond acceptors (Lipinski definition) is 3. The van der Waals surface area contributed by atoms with E-state index in [4.69, 9.17) is 27.6 Å². The Morgan fingerprint density at radius 2 is 2.23 bits per heavy atom. The van der Waals surface area contributed by atoms with Crippen molar-refractivity contribution >= 4 is 29.1 Å². The number of rotatable bonds is 3. The summed E-state index contributed by atoms with van der Waals surface area (Å²) in [5, 5.41) is 11.4. The van der Waals surface area contributed by atoms with Crippen molar-refractivity contribution in [3.63, 3.8) is 0 Å². The number of nitrogens with zero attached hydrogens (tertiary/aromatic N) is 1. The van der Waals surface area contributed by atoms with Gasteiger partial charge in [0.05, 0.1) is 31.1 Å². The van der Waals surface area contributed by atoms with Crippen LogP contribution in [0.2, 0.25) is 10.0 Å². The van der Waals surface area contributed by atoms with Crippen molar-refractivity contribution in [2.75, 3.05) is 7.05 Å². The number of carbonyl (C=O) groups excluding carboxylic acids is 1. The van der Waals surface area contributed by atoms with E-state index in [9.17, 15) is 9.90 Å². The van der Waals surface area contributed by atoms with Crippen molar-refractivity contribution in [3.8, 4) is 0 Å². The van der Waals surface area contributed by atoms with E-state index >= 15 is 0 Å². The Bertz CT molecular complexity index is 700. The Hall–Kier alpha value is -1.49. The van der Waals surface area contributed by atoms with E-state index in [0.29, 0.717) is 16.5 Å². The summed E-state index contributed by atoms with van der Waals surface area (Å²) >= 11 is 12.3. The van der Waals surface area contributed by atoms with Crippen LogP contribution in [0, 0.1) is 0 Å². The molecule has 1 N–H and O–H groups in total. The van der Waals surface area contributed by atoms with Crippen LogP contribution in [0.15, 0.2) is 35.1 Å². The lowest BCUT2D eigenvalue weighted by Gasteiger charge is -2.28. The molecule has 1 aliphatic rings. The molecule has 0 spiro atoms. The molecule has 0 aliphatic heterocycles. The first-order valence-electron chi connectivity index (χ1n) is 6.90. The van der Waals surface area contributed by atoms with Gasteiger partial charge in [0.25, 0.3) is 0 Å². The van der Waals surface area contributed by atoms with Crippen LogP contribution in [-0.4, -0.2) is 29.1 Å². The standard InChI is InChI=1S/C16H15Cl2NO3/c1-19(15(21)4-9-2-3-22-8-9)16-12-5-10(17)6-13(18)11(12)7-14(16)20/h2-3,5-6,8,14,16,20H,4,7H2,1H3/t14-,16-/m1/s1. The molecule has 1 aromatic heterocycles. The Morgan fingerprint density at radius 3 is 2.91 bits per heavy atom. The van der Waals surface area contributed by atoms with E-state index in [1.54, 1.807) is 36.4 Å². The molecule has 0 fully saturated rings. The monoisotopic (exact) mass is 339 g/mol. The van der Waals surface area contributed by atoms with Gasteiger partial charge in [0.1, 0.15) is 0 Å². The molecule has 0 saturated carbocycles. The first-order chi connectivity index (χ1) is 10.5. The van der Waals surface area contributed by atoms with Crippen LogP contribution in [0.4, 0.5) is 0 Å². The molecule has 0 saturated heterocycles. The summed E-state index contributed by atoms with van der Waals surface area (Å²) in [5.41, 5.74) is 2.47. The maximum absolute atomic E-state index is 12.4. The highest BCUT2D eigenvalue weighted by Crippen LogP contribution is 2.40. The van der Waals surface area contributed by atoms with Gasteiger partial charge in [0.15, 0.2) is 0 Å². The summed E-state index contributed by atoms with van der Waals surface area (Å²) in [6.45, 7) is 0. The van der Waals surface area contributed by atoms with Crippen LogP contribution in [0.3, 0.4) is 0 Å². The Morgan fingerprint density at radius 1 is 1.45 bits per heavy atom. The highest BCUT2D eigenvalue weighted by atomic mass is 35.5. The smallest absolute Gasteiger partial charge is 0.227 e. The molecule has 0 bridgehead atoms. The maximum Gasteiger partial charge on any atom is 0.227 e. The van der Waals surface area contributed by atoms with Crippen LogP contribution in [0.1, 0.15) is 22.7 Å². The Balaban J connectivity index is 1.87. The first-order valence-corrected chi connectivity index (χ1v) is 7.65. The molecule has 6 heteroatoms. The molecule has 116 valence electrons. The highest BCUT2D eigenvalue weighted by Gasteiger charge is 2.37. The van der Waals surface area contributed by atoms with E-state index in [-0.39, 0.29) is 12.3 Å². The average Bonchev–Trinajstić information content (AvgIpc) is 3.05. The Kier molecular flexibility index (Phi) is 4.17. The van der Waals surface area contributed by atoms with Crippen LogP contribution in [0.25, 0.3) is 0 Å². The van der Waals surface area contributed by atoms with Crippen molar-refractivity contribution in [1.82, 2.24) is 4.90 Å². The van der Waals surface area contributed by atoms with Gasteiger partial charge in [0, 0.05) is 23.5 Å². The number of fused-ring (bicyclic) bond motifs is 1. The van der Waals surface area contributed by atoms with Gasteiger partial charge in [-0.3, -0.25) is 4.79 Å². The van der Waals surface area contributed by atoms with Gasteiger partial charge in [-0.15, -0.1) is 0 Å². The second-order valence-electron chi connectivity index (χ2n) is 5.48. The van der Waals surface area contributed by atoms with Crippen LogP contribution in [0.5, 0.6) is 0 Å². The number of benzene rings is 1. The Labute approximate surface area is 138 Å². The predicted molar refractivity (Wildman–Crippen MR) is 84.1 cm³/mol. The SMILES string of the molecule is CN(C(=O)Cc1ccoc1)[C@@H]1c2cc(Cl)cc(Cl)c2C[C@H]1O. The second-order valence-corrected chi connectivity index (χ2v) is 6.33. The molecule has 1 amide bonds. The lowest BCUT2D eigenvalue weighted by Crippen LogP contribution is -2.36. The lowest BCUT2D eigenvalue weighted by atomic mass is 10.1. The molecule has 0 radical (unpaired) electrons. The zero-order valence-corrected chi connectivity index (χ0v) is 13.4. The minimum absolute atomic E-state index is 0.102. The van der Waals surface area contributed by atoms with E-state index in [0.717, 1.165) is 16.7 Å². The van der Waals surface area contributed by atoms with Gasteiger partial charge in [-0.05, 0) is 34.9 Å². The number of likely N-dealkylation sites (N-methyl/N-ethyl adjacent to an activating group) is 1. The molecule has 1 aromatic carbocycles. The molecule has 1 heterocycles. The number of halogens is 2. The number of furan rings is 1. The highest BCUT2D eigenvalue weighted by molar-refractivity contribution is 6.35.